The third-order valence-electron chi connectivity index (χ3n) is 9.06. The van der Waals surface area contributed by atoms with Gasteiger partial charge in [0.25, 0.3) is 0 Å². The van der Waals surface area contributed by atoms with Crippen molar-refractivity contribution in [2.45, 2.75) is 70.7 Å². The number of nitrogens with one attached hydrogen (secondary N) is 1. The number of likely N-dealkylation sites (N-methyl/N-ethyl adjacent to an activating group) is 1. The molecular weight excluding hydrogens is 528 g/mol. The summed E-state index contributed by atoms with van der Waals surface area (Å²) in [5.74, 6) is 1.30. The van der Waals surface area contributed by atoms with E-state index in [1.165, 1.54) is 13.8 Å². The summed E-state index contributed by atoms with van der Waals surface area (Å²) >= 11 is 0. The number of carbonyl (C=O) groups is 2. The van der Waals surface area contributed by atoms with Crippen LogP contribution in [0.4, 0.5) is 0 Å². The zero-order valence-corrected chi connectivity index (χ0v) is 24.0. The van der Waals surface area contributed by atoms with Crippen LogP contribution < -0.4 is 24.3 Å². The maximum absolute atomic E-state index is 12.3. The largest absolute Gasteiger partial charge is 0.504 e. The highest BCUT2D eigenvalue weighted by Gasteiger charge is 2.56. The summed E-state index contributed by atoms with van der Waals surface area (Å²) in [7, 11) is 3.53. The lowest BCUT2D eigenvalue weighted by molar-refractivity contribution is -0.132. The molecule has 4 aliphatic heterocycles. The molecule has 41 heavy (non-hydrogen) atoms. The molecule has 4 aliphatic rings. The van der Waals surface area contributed by atoms with Gasteiger partial charge >= 0.3 is 5.97 Å². The summed E-state index contributed by atoms with van der Waals surface area (Å²) in [6.45, 7) is 6.76. The third kappa shape index (κ3) is 3.92. The minimum absolute atomic E-state index is 0.0124. The Morgan fingerprint density at radius 3 is 2.54 bits per heavy atom. The van der Waals surface area contributed by atoms with E-state index in [-0.39, 0.29) is 43.1 Å². The minimum Gasteiger partial charge on any atom is -0.504 e. The van der Waals surface area contributed by atoms with Gasteiger partial charge in [0, 0.05) is 54.7 Å². The minimum atomic E-state index is -0.540. The molecule has 4 heterocycles. The van der Waals surface area contributed by atoms with Crippen LogP contribution in [0.2, 0.25) is 0 Å². The number of phenolic OH excluding ortho intramolecular Hbond substituents is 1. The number of hydrogen-bond acceptors (Lipinski definition) is 10. The summed E-state index contributed by atoms with van der Waals surface area (Å²) in [6.07, 6.45) is 0.965. The fourth-order valence-electron chi connectivity index (χ4n) is 7.55. The lowest BCUT2D eigenvalue weighted by Crippen LogP contribution is -2.68. The topological polar surface area (TPSA) is 134 Å². The van der Waals surface area contributed by atoms with E-state index in [1.54, 1.807) is 7.11 Å². The summed E-state index contributed by atoms with van der Waals surface area (Å²) in [6, 6.07) is 2.78. The number of carbonyl (C=O) groups excluding carboxylic acids is 2. The van der Waals surface area contributed by atoms with Gasteiger partial charge in [-0.1, -0.05) is 6.07 Å². The summed E-state index contributed by atoms with van der Waals surface area (Å²) < 4.78 is 23.3. The van der Waals surface area contributed by atoms with Crippen molar-refractivity contribution in [2.75, 3.05) is 27.5 Å². The first-order valence-corrected chi connectivity index (χ1v) is 13.7. The number of phenols is 1. The average Bonchev–Trinajstić information content (AvgIpc) is 3.40. The molecule has 1 fully saturated rings. The van der Waals surface area contributed by atoms with Crippen molar-refractivity contribution in [2.24, 2.45) is 0 Å². The molecule has 2 bridgehead atoms. The van der Waals surface area contributed by atoms with Crippen LogP contribution >= 0.6 is 0 Å². The van der Waals surface area contributed by atoms with Gasteiger partial charge in [-0.25, -0.2) is 0 Å². The summed E-state index contributed by atoms with van der Waals surface area (Å²) in [4.78, 5) is 28.8. The normalized spacial score (nSPS) is 25.8. The van der Waals surface area contributed by atoms with E-state index in [2.05, 4.69) is 21.2 Å². The lowest BCUT2D eigenvalue weighted by Gasteiger charge is -2.60. The fraction of sp³-hybridized carbons (Fsp3) is 0.500. The fourth-order valence-corrected chi connectivity index (χ4v) is 7.55. The molecule has 2 aromatic carbocycles. The monoisotopic (exact) mass is 562 g/mol. The quantitative estimate of drug-likeness (QED) is 0.423. The maximum Gasteiger partial charge on any atom is 0.308 e. The number of rotatable bonds is 4. The maximum atomic E-state index is 12.3. The van der Waals surface area contributed by atoms with Gasteiger partial charge in [0.05, 0.1) is 25.3 Å². The van der Waals surface area contributed by atoms with Gasteiger partial charge in [-0.15, -0.1) is 0 Å². The molecule has 2 N–H and O–H groups in total. The standard InChI is InChI=1S/C30H34N4O7/c1-13-7-17-8-19-21(10-31)34-20(25(33(19)5)23(17)26(37)27(13)38-6)9-18-24(22(34)11-32-15(3)35)30-29(39-12-40-30)14(2)28(18)41-16(4)36/h7,19-22,25,37H,8-9,11-12H2,1-6H3,(H,32,35)/t19-,20?,21-,22-,25+/m0/s1. The highest BCUT2D eigenvalue weighted by atomic mass is 16.7. The molecule has 1 saturated heterocycles. The molecule has 5 atom stereocenters. The first-order chi connectivity index (χ1) is 19.6. The second-order valence-electron chi connectivity index (χ2n) is 11.3. The van der Waals surface area contributed by atoms with Gasteiger partial charge in [0.15, 0.2) is 23.0 Å². The summed E-state index contributed by atoms with van der Waals surface area (Å²) in [5.41, 5.74) is 4.76. The number of piperazine rings is 1. The lowest BCUT2D eigenvalue weighted by atomic mass is 9.71. The van der Waals surface area contributed by atoms with Gasteiger partial charge in [-0.3, -0.25) is 19.4 Å². The van der Waals surface area contributed by atoms with Crippen LogP contribution in [0.3, 0.4) is 0 Å². The molecule has 0 saturated carbocycles. The smallest absolute Gasteiger partial charge is 0.308 e. The predicted molar refractivity (Wildman–Crippen MR) is 146 cm³/mol. The molecule has 0 aromatic heterocycles. The number of esters is 1. The Hall–Kier alpha value is -4.01. The molecule has 0 aliphatic carbocycles. The number of methoxy groups -OCH3 is 1. The molecule has 11 heteroatoms. The van der Waals surface area contributed by atoms with Crippen LogP contribution in [0.15, 0.2) is 6.07 Å². The van der Waals surface area contributed by atoms with E-state index >= 15 is 0 Å². The number of fused-ring (bicyclic) bond motifs is 9. The Kier molecular flexibility index (Phi) is 6.51. The van der Waals surface area contributed by atoms with Gasteiger partial charge in [-0.2, -0.15) is 5.26 Å². The van der Waals surface area contributed by atoms with Crippen molar-refractivity contribution in [3.63, 3.8) is 0 Å². The van der Waals surface area contributed by atoms with Crippen LogP contribution in [0.1, 0.15) is 59.3 Å². The molecule has 0 spiro atoms. The zero-order chi connectivity index (χ0) is 29.3. The molecule has 216 valence electrons. The molecule has 6 rings (SSSR count). The zero-order valence-electron chi connectivity index (χ0n) is 24.0. The van der Waals surface area contributed by atoms with Gasteiger partial charge in [0.1, 0.15) is 11.8 Å². The van der Waals surface area contributed by atoms with Crippen molar-refractivity contribution >= 4 is 11.9 Å². The number of benzene rings is 2. The van der Waals surface area contributed by atoms with Gasteiger partial charge in [0.2, 0.25) is 12.7 Å². The number of ether oxygens (including phenoxy) is 4. The highest BCUT2D eigenvalue weighted by molar-refractivity contribution is 5.75. The van der Waals surface area contributed by atoms with E-state index in [4.69, 9.17) is 18.9 Å². The number of amides is 1. The molecule has 2 aromatic rings. The SMILES string of the molecule is COc1c(C)cc2c(c1O)[C@H]1C3Cc4c(OC(C)=O)c(C)c5c(c4[C@H](CNC(C)=O)N3[C@@H](C#N)[C@H](C2)N1C)OCO5. The van der Waals surface area contributed by atoms with E-state index < -0.39 is 18.1 Å². The number of hydrogen-bond donors (Lipinski definition) is 2. The number of nitrogens with zero attached hydrogens (tertiary/aromatic N) is 3. The van der Waals surface area contributed by atoms with Gasteiger partial charge in [-0.05, 0) is 44.9 Å². The third-order valence-corrected chi connectivity index (χ3v) is 9.06. The molecule has 11 nitrogen and oxygen atoms in total. The Morgan fingerprint density at radius 1 is 1.15 bits per heavy atom. The second kappa shape index (κ2) is 9.82. The molecular formula is C30H34N4O7. The van der Waals surface area contributed by atoms with Crippen LogP contribution in [-0.4, -0.2) is 72.4 Å². The Morgan fingerprint density at radius 2 is 1.88 bits per heavy atom. The van der Waals surface area contributed by atoms with Gasteiger partial charge < -0.3 is 29.4 Å². The Bertz CT molecular complexity index is 1520. The van der Waals surface area contributed by atoms with Crippen LogP contribution in [-0.2, 0) is 22.4 Å². The number of aryl methyl sites for hydroxylation is 1. The number of aromatic hydroxyl groups is 1. The first-order valence-electron chi connectivity index (χ1n) is 13.7. The predicted octanol–water partition coefficient (Wildman–Crippen LogP) is 2.58. The van der Waals surface area contributed by atoms with Crippen molar-refractivity contribution in [1.29, 1.82) is 5.26 Å². The average molecular weight is 563 g/mol. The van der Waals surface area contributed by atoms with E-state index in [0.29, 0.717) is 41.4 Å². The van der Waals surface area contributed by atoms with Crippen LogP contribution in [0.5, 0.6) is 28.7 Å². The Labute approximate surface area is 238 Å². The summed E-state index contributed by atoms with van der Waals surface area (Å²) in [5, 5.41) is 25.2. The van der Waals surface area contributed by atoms with E-state index in [1.807, 2.05) is 27.0 Å². The highest BCUT2D eigenvalue weighted by Crippen LogP contribution is 2.58. The molecule has 1 amide bonds. The Balaban J connectivity index is 1.63. The first kappa shape index (κ1) is 27.2. The van der Waals surface area contributed by atoms with E-state index in [0.717, 1.165) is 27.8 Å². The van der Waals surface area contributed by atoms with E-state index in [9.17, 15) is 20.0 Å². The van der Waals surface area contributed by atoms with Crippen LogP contribution in [0, 0.1) is 25.2 Å². The van der Waals surface area contributed by atoms with Crippen molar-refractivity contribution in [3.8, 4) is 34.8 Å². The van der Waals surface area contributed by atoms with Crippen LogP contribution in [0.25, 0.3) is 0 Å². The molecule has 1 unspecified atom stereocenters. The van der Waals surface area contributed by atoms with Crippen molar-refractivity contribution in [3.05, 3.63) is 39.4 Å². The number of nitriles is 1. The van der Waals surface area contributed by atoms with Crippen molar-refractivity contribution in [1.82, 2.24) is 15.1 Å². The second-order valence-corrected chi connectivity index (χ2v) is 11.3. The molecule has 0 radical (unpaired) electrons. The van der Waals surface area contributed by atoms with Crippen molar-refractivity contribution < 1.29 is 33.6 Å².